The van der Waals surface area contributed by atoms with Gasteiger partial charge in [-0.1, -0.05) is 18.2 Å². The lowest BCUT2D eigenvalue weighted by molar-refractivity contribution is 0.0963. The highest BCUT2D eigenvalue weighted by Crippen LogP contribution is 2.30. The smallest absolute Gasteiger partial charge is 0.291 e. The number of rotatable bonds is 4. The van der Waals surface area contributed by atoms with E-state index in [0.29, 0.717) is 41.1 Å². The molecular weight excluding hydrogens is 354 g/mol. The second-order valence-corrected chi connectivity index (χ2v) is 6.67. The van der Waals surface area contributed by atoms with Crippen molar-refractivity contribution < 1.29 is 14.0 Å². The molecule has 0 unspecified atom stereocenters. The van der Waals surface area contributed by atoms with Crippen LogP contribution in [0.25, 0.3) is 0 Å². The Kier molecular flexibility index (Phi) is 4.85. The molecule has 0 fully saturated rings. The van der Waals surface area contributed by atoms with Crippen LogP contribution in [0.1, 0.15) is 45.1 Å². The third kappa shape index (κ3) is 3.62. The lowest BCUT2D eigenvalue weighted by Crippen LogP contribution is -2.13. The molecule has 6 nitrogen and oxygen atoms in total. The van der Waals surface area contributed by atoms with Gasteiger partial charge in [0.15, 0.2) is 11.5 Å². The maximum atomic E-state index is 12.6. The van der Waals surface area contributed by atoms with Crippen molar-refractivity contribution in [2.45, 2.75) is 26.2 Å². The molecular formula is C22H19N3O3. The molecule has 0 saturated heterocycles. The normalized spacial score (nSPS) is 13.5. The average molecular weight is 373 g/mol. The molecule has 0 spiro atoms. The van der Waals surface area contributed by atoms with E-state index >= 15 is 0 Å². The Morgan fingerprint density at radius 1 is 0.964 bits per heavy atom. The molecule has 0 aliphatic heterocycles. The largest absolute Gasteiger partial charge is 0.455 e. The van der Waals surface area contributed by atoms with Gasteiger partial charge in [0.05, 0.1) is 16.9 Å². The fraction of sp³-hybridized carbons (Fsp3) is 0.182. The van der Waals surface area contributed by atoms with E-state index in [9.17, 15) is 9.59 Å². The summed E-state index contributed by atoms with van der Waals surface area (Å²) in [7, 11) is 0. The average Bonchev–Trinajstić information content (AvgIpc) is 3.06. The first kappa shape index (κ1) is 17.9. The standard InChI is InChI=1S/C22H19N3O3/c1-14-20-18(26)8-5-9-19(20)28-21(14)22(27)23-15-10-12-17(13-11-15)25-24-16-6-3-2-4-7-16/h2-4,6-7,10-13H,5,8-9H2,1H3,(H,23,27). The molecule has 2 aromatic carbocycles. The molecule has 0 radical (unpaired) electrons. The Bertz CT molecular complexity index is 1050. The number of nitrogens with one attached hydrogen (secondary N) is 1. The van der Waals surface area contributed by atoms with Gasteiger partial charge < -0.3 is 9.73 Å². The van der Waals surface area contributed by atoms with Gasteiger partial charge in [0.1, 0.15) is 5.76 Å². The van der Waals surface area contributed by atoms with E-state index in [1.807, 2.05) is 30.3 Å². The van der Waals surface area contributed by atoms with Gasteiger partial charge in [-0.05, 0) is 49.7 Å². The van der Waals surface area contributed by atoms with Crippen LogP contribution in [-0.2, 0) is 6.42 Å². The summed E-state index contributed by atoms with van der Waals surface area (Å²) >= 11 is 0. The fourth-order valence-electron chi connectivity index (χ4n) is 3.27. The molecule has 1 heterocycles. The highest BCUT2D eigenvalue weighted by molar-refractivity contribution is 6.07. The lowest BCUT2D eigenvalue weighted by atomic mass is 9.94. The van der Waals surface area contributed by atoms with Crippen LogP contribution in [0.5, 0.6) is 0 Å². The summed E-state index contributed by atoms with van der Waals surface area (Å²) in [6.07, 6.45) is 1.96. The zero-order valence-electron chi connectivity index (χ0n) is 15.4. The highest BCUT2D eigenvalue weighted by atomic mass is 16.4. The Balaban J connectivity index is 1.47. The van der Waals surface area contributed by atoms with Gasteiger partial charge in [-0.2, -0.15) is 10.2 Å². The maximum Gasteiger partial charge on any atom is 0.291 e. The van der Waals surface area contributed by atoms with E-state index in [1.54, 1.807) is 31.2 Å². The van der Waals surface area contributed by atoms with Crippen molar-refractivity contribution in [2.75, 3.05) is 5.32 Å². The van der Waals surface area contributed by atoms with Crippen LogP contribution < -0.4 is 5.32 Å². The summed E-state index contributed by atoms with van der Waals surface area (Å²) < 4.78 is 5.69. The van der Waals surface area contributed by atoms with Gasteiger partial charge in [0.2, 0.25) is 0 Å². The van der Waals surface area contributed by atoms with Crippen molar-refractivity contribution in [2.24, 2.45) is 10.2 Å². The van der Waals surface area contributed by atoms with Gasteiger partial charge >= 0.3 is 0 Å². The molecule has 1 amide bonds. The van der Waals surface area contributed by atoms with Gasteiger partial charge in [0, 0.05) is 24.1 Å². The fourth-order valence-corrected chi connectivity index (χ4v) is 3.27. The number of carbonyl (C=O) groups excluding carboxylic acids is 2. The molecule has 1 N–H and O–H groups in total. The number of fused-ring (bicyclic) bond motifs is 1. The van der Waals surface area contributed by atoms with Crippen molar-refractivity contribution in [1.82, 2.24) is 0 Å². The van der Waals surface area contributed by atoms with E-state index < -0.39 is 0 Å². The molecule has 0 atom stereocenters. The van der Waals surface area contributed by atoms with E-state index in [4.69, 9.17) is 4.42 Å². The van der Waals surface area contributed by atoms with E-state index in [0.717, 1.165) is 12.1 Å². The summed E-state index contributed by atoms with van der Waals surface area (Å²) in [5.41, 5.74) is 3.26. The quantitative estimate of drug-likeness (QED) is 0.589. The number of amides is 1. The summed E-state index contributed by atoms with van der Waals surface area (Å²) in [5, 5.41) is 11.1. The topological polar surface area (TPSA) is 84.0 Å². The first-order chi connectivity index (χ1) is 13.6. The number of anilines is 1. The molecule has 6 heteroatoms. The monoisotopic (exact) mass is 373 g/mol. The highest BCUT2D eigenvalue weighted by Gasteiger charge is 2.28. The van der Waals surface area contributed by atoms with Crippen LogP contribution >= 0.6 is 0 Å². The van der Waals surface area contributed by atoms with E-state index in [1.165, 1.54) is 0 Å². The van der Waals surface area contributed by atoms with Gasteiger partial charge in [0.25, 0.3) is 5.91 Å². The number of hydrogen-bond donors (Lipinski definition) is 1. The number of benzene rings is 2. The first-order valence-corrected chi connectivity index (χ1v) is 9.15. The number of ketones is 1. The Morgan fingerprint density at radius 3 is 2.32 bits per heavy atom. The zero-order valence-corrected chi connectivity index (χ0v) is 15.4. The number of carbonyl (C=O) groups is 2. The molecule has 1 aliphatic rings. The minimum Gasteiger partial charge on any atom is -0.455 e. The number of furan rings is 1. The van der Waals surface area contributed by atoms with Gasteiger partial charge in [-0.15, -0.1) is 0 Å². The number of Topliss-reactive ketones (excluding diaryl/α,β-unsaturated/α-hetero) is 1. The third-order valence-electron chi connectivity index (χ3n) is 4.67. The van der Waals surface area contributed by atoms with E-state index in [2.05, 4.69) is 15.5 Å². The Morgan fingerprint density at radius 2 is 1.64 bits per heavy atom. The molecule has 1 aliphatic carbocycles. The van der Waals surface area contributed by atoms with Crippen molar-refractivity contribution in [3.8, 4) is 0 Å². The van der Waals surface area contributed by atoms with Crippen LogP contribution in [0, 0.1) is 6.92 Å². The van der Waals surface area contributed by atoms with Crippen molar-refractivity contribution >= 4 is 28.8 Å². The van der Waals surface area contributed by atoms with Crippen LogP contribution in [-0.4, -0.2) is 11.7 Å². The number of aryl methyl sites for hydroxylation is 1. The van der Waals surface area contributed by atoms with Crippen LogP contribution in [0.15, 0.2) is 69.2 Å². The minimum absolute atomic E-state index is 0.0506. The molecule has 1 aromatic heterocycles. The second kappa shape index (κ2) is 7.60. The molecule has 140 valence electrons. The first-order valence-electron chi connectivity index (χ1n) is 9.15. The predicted molar refractivity (Wildman–Crippen MR) is 106 cm³/mol. The predicted octanol–water partition coefficient (Wildman–Crippen LogP) is 5.77. The molecule has 28 heavy (non-hydrogen) atoms. The summed E-state index contributed by atoms with van der Waals surface area (Å²) in [4.78, 5) is 24.7. The Labute approximate surface area is 162 Å². The number of nitrogens with zero attached hydrogens (tertiary/aromatic N) is 2. The third-order valence-corrected chi connectivity index (χ3v) is 4.67. The molecule has 3 aromatic rings. The van der Waals surface area contributed by atoms with Crippen molar-refractivity contribution in [1.29, 1.82) is 0 Å². The van der Waals surface area contributed by atoms with Crippen molar-refractivity contribution in [3.05, 3.63) is 77.2 Å². The summed E-state index contributed by atoms with van der Waals surface area (Å²) in [6.45, 7) is 1.76. The molecule has 0 saturated carbocycles. The molecule has 0 bridgehead atoms. The van der Waals surface area contributed by atoms with Crippen molar-refractivity contribution in [3.63, 3.8) is 0 Å². The Hall–Kier alpha value is -3.54. The minimum atomic E-state index is -0.363. The number of hydrogen-bond acceptors (Lipinski definition) is 5. The summed E-state index contributed by atoms with van der Waals surface area (Å²) in [5.74, 6) is 0.511. The zero-order chi connectivity index (χ0) is 19.5. The maximum absolute atomic E-state index is 12.6. The molecule has 4 rings (SSSR count). The van der Waals surface area contributed by atoms with Crippen LogP contribution in [0.2, 0.25) is 0 Å². The van der Waals surface area contributed by atoms with Crippen LogP contribution in [0.4, 0.5) is 17.1 Å². The lowest BCUT2D eigenvalue weighted by Gasteiger charge is -2.07. The van der Waals surface area contributed by atoms with Gasteiger partial charge in [-0.3, -0.25) is 9.59 Å². The summed E-state index contributed by atoms with van der Waals surface area (Å²) in [6, 6.07) is 16.5. The number of azo groups is 1. The van der Waals surface area contributed by atoms with E-state index in [-0.39, 0.29) is 17.5 Å². The van der Waals surface area contributed by atoms with Gasteiger partial charge in [-0.25, -0.2) is 0 Å². The second-order valence-electron chi connectivity index (χ2n) is 6.67. The van der Waals surface area contributed by atoms with Crippen LogP contribution in [0.3, 0.4) is 0 Å². The SMILES string of the molecule is Cc1c(C(=O)Nc2ccc(N=Nc3ccccc3)cc2)oc2c1C(=O)CCC2.